The molecule has 0 heterocycles. The molecular formula is C14H24O. The highest BCUT2D eigenvalue weighted by Gasteiger charge is 2.18. The van der Waals surface area contributed by atoms with Crippen LogP contribution in [0, 0.1) is 5.92 Å². The zero-order valence-electron chi connectivity index (χ0n) is 10.7. The summed E-state index contributed by atoms with van der Waals surface area (Å²) < 4.78 is 5.91. The molecule has 0 spiro atoms. The first kappa shape index (κ1) is 12.5. The summed E-state index contributed by atoms with van der Waals surface area (Å²) in [6.07, 6.45) is 9.25. The molecule has 2 unspecified atom stereocenters. The predicted octanol–water partition coefficient (Wildman–Crippen LogP) is 4.10. The normalized spacial score (nSPS) is 23.8. The van der Waals surface area contributed by atoms with Crippen molar-refractivity contribution in [2.45, 2.75) is 59.2 Å². The van der Waals surface area contributed by atoms with Crippen LogP contribution in [0.5, 0.6) is 0 Å². The van der Waals surface area contributed by atoms with Crippen LogP contribution in [-0.4, -0.2) is 11.7 Å². The molecule has 1 heteroatoms. The molecule has 0 aromatic heterocycles. The standard InChI is InChI=1S/C14H24O/c1-6-11(2)12-7-9-13(10-8-12)15-14(3,4)5/h7-9,11,13H,6,10H2,1-5H3. The molecule has 0 bridgehead atoms. The molecule has 0 amide bonds. The number of allylic oxidation sites excluding steroid dienone is 2. The first-order chi connectivity index (χ1) is 6.92. The van der Waals surface area contributed by atoms with Crippen molar-refractivity contribution in [2.24, 2.45) is 5.92 Å². The van der Waals surface area contributed by atoms with Crippen molar-refractivity contribution in [3.05, 3.63) is 23.8 Å². The van der Waals surface area contributed by atoms with Gasteiger partial charge in [-0.15, -0.1) is 0 Å². The van der Waals surface area contributed by atoms with Crippen LogP contribution in [0.4, 0.5) is 0 Å². The van der Waals surface area contributed by atoms with Gasteiger partial charge in [0.15, 0.2) is 0 Å². The highest BCUT2D eigenvalue weighted by atomic mass is 16.5. The molecule has 0 saturated carbocycles. The molecule has 0 saturated heterocycles. The Labute approximate surface area is 94.2 Å². The quantitative estimate of drug-likeness (QED) is 0.678. The maximum Gasteiger partial charge on any atom is 0.0800 e. The minimum Gasteiger partial charge on any atom is -0.368 e. The Hall–Kier alpha value is -0.560. The molecule has 2 atom stereocenters. The van der Waals surface area contributed by atoms with Gasteiger partial charge in [-0.2, -0.15) is 0 Å². The molecule has 1 aliphatic carbocycles. The van der Waals surface area contributed by atoms with Crippen LogP contribution >= 0.6 is 0 Å². The van der Waals surface area contributed by atoms with E-state index < -0.39 is 0 Å². The summed E-state index contributed by atoms with van der Waals surface area (Å²) in [5.41, 5.74) is 1.42. The van der Waals surface area contributed by atoms with E-state index in [4.69, 9.17) is 4.74 Å². The van der Waals surface area contributed by atoms with Crippen LogP contribution in [0.1, 0.15) is 47.5 Å². The second-order valence-electron chi connectivity index (χ2n) is 5.38. The van der Waals surface area contributed by atoms with Crippen LogP contribution < -0.4 is 0 Å². The molecule has 0 aliphatic heterocycles. The van der Waals surface area contributed by atoms with Crippen molar-refractivity contribution >= 4 is 0 Å². The van der Waals surface area contributed by atoms with Gasteiger partial charge < -0.3 is 4.74 Å². The fraction of sp³-hybridized carbons (Fsp3) is 0.714. The number of ether oxygens (including phenoxy) is 1. The smallest absolute Gasteiger partial charge is 0.0800 e. The third kappa shape index (κ3) is 4.21. The van der Waals surface area contributed by atoms with Crippen molar-refractivity contribution in [3.8, 4) is 0 Å². The third-order valence-corrected chi connectivity index (χ3v) is 2.78. The maximum absolute atomic E-state index is 5.91. The highest BCUT2D eigenvalue weighted by molar-refractivity contribution is 5.26. The number of rotatable bonds is 3. The highest BCUT2D eigenvalue weighted by Crippen LogP contribution is 2.24. The molecule has 15 heavy (non-hydrogen) atoms. The summed E-state index contributed by atoms with van der Waals surface area (Å²) in [4.78, 5) is 0. The first-order valence-corrected chi connectivity index (χ1v) is 5.98. The van der Waals surface area contributed by atoms with Crippen LogP contribution in [-0.2, 0) is 4.74 Å². The molecule has 0 N–H and O–H groups in total. The number of hydrogen-bond acceptors (Lipinski definition) is 1. The lowest BCUT2D eigenvalue weighted by Gasteiger charge is -2.27. The van der Waals surface area contributed by atoms with Gasteiger partial charge in [0, 0.05) is 0 Å². The van der Waals surface area contributed by atoms with Gasteiger partial charge >= 0.3 is 0 Å². The van der Waals surface area contributed by atoms with E-state index in [2.05, 4.69) is 52.8 Å². The SMILES string of the molecule is CCC(C)C1=CCC(OC(C)(C)C)C=C1. The molecule has 86 valence electrons. The average Bonchev–Trinajstić information content (AvgIpc) is 2.15. The zero-order chi connectivity index (χ0) is 11.5. The lowest BCUT2D eigenvalue weighted by atomic mass is 9.93. The predicted molar refractivity (Wildman–Crippen MR) is 65.9 cm³/mol. The lowest BCUT2D eigenvalue weighted by Crippen LogP contribution is -2.26. The van der Waals surface area contributed by atoms with E-state index in [0.717, 1.165) is 6.42 Å². The molecule has 1 rings (SSSR count). The molecule has 0 fully saturated rings. The Morgan fingerprint density at radius 3 is 2.53 bits per heavy atom. The van der Waals surface area contributed by atoms with E-state index >= 15 is 0 Å². The largest absolute Gasteiger partial charge is 0.368 e. The fourth-order valence-corrected chi connectivity index (χ4v) is 1.76. The van der Waals surface area contributed by atoms with E-state index in [-0.39, 0.29) is 11.7 Å². The van der Waals surface area contributed by atoms with E-state index in [1.165, 1.54) is 12.0 Å². The van der Waals surface area contributed by atoms with Gasteiger partial charge in [0.25, 0.3) is 0 Å². The van der Waals surface area contributed by atoms with E-state index in [1.54, 1.807) is 0 Å². The Bertz CT molecular complexity index is 255. The van der Waals surface area contributed by atoms with Crippen LogP contribution in [0.2, 0.25) is 0 Å². The molecule has 0 aromatic rings. The van der Waals surface area contributed by atoms with Gasteiger partial charge in [-0.3, -0.25) is 0 Å². The fourth-order valence-electron chi connectivity index (χ4n) is 1.76. The third-order valence-electron chi connectivity index (χ3n) is 2.78. The molecule has 0 radical (unpaired) electrons. The second kappa shape index (κ2) is 4.98. The van der Waals surface area contributed by atoms with Crippen molar-refractivity contribution in [1.82, 2.24) is 0 Å². The van der Waals surface area contributed by atoms with Gasteiger partial charge in [0.1, 0.15) is 0 Å². The Kier molecular flexibility index (Phi) is 4.15. The van der Waals surface area contributed by atoms with Crippen molar-refractivity contribution < 1.29 is 4.74 Å². The summed E-state index contributed by atoms with van der Waals surface area (Å²) in [7, 11) is 0. The zero-order valence-corrected chi connectivity index (χ0v) is 10.7. The number of hydrogen-bond donors (Lipinski definition) is 0. The van der Waals surface area contributed by atoms with E-state index in [0.29, 0.717) is 5.92 Å². The Morgan fingerprint density at radius 1 is 1.47 bits per heavy atom. The first-order valence-electron chi connectivity index (χ1n) is 5.98. The van der Waals surface area contributed by atoms with Crippen LogP contribution in [0.15, 0.2) is 23.8 Å². The minimum absolute atomic E-state index is 0.0449. The second-order valence-corrected chi connectivity index (χ2v) is 5.38. The average molecular weight is 208 g/mol. The topological polar surface area (TPSA) is 9.23 Å². The lowest BCUT2D eigenvalue weighted by molar-refractivity contribution is -0.0370. The van der Waals surface area contributed by atoms with Crippen LogP contribution in [0.3, 0.4) is 0 Å². The summed E-state index contributed by atoms with van der Waals surface area (Å²) >= 11 is 0. The van der Waals surface area contributed by atoms with E-state index in [9.17, 15) is 0 Å². The van der Waals surface area contributed by atoms with Crippen LogP contribution in [0.25, 0.3) is 0 Å². The minimum atomic E-state index is -0.0449. The molecule has 1 aliphatic rings. The van der Waals surface area contributed by atoms with Gasteiger partial charge in [-0.05, 0) is 45.1 Å². The summed E-state index contributed by atoms with van der Waals surface area (Å²) in [5, 5.41) is 0. The van der Waals surface area contributed by atoms with Gasteiger partial charge in [-0.25, -0.2) is 0 Å². The van der Waals surface area contributed by atoms with Gasteiger partial charge in [0.2, 0.25) is 0 Å². The Morgan fingerprint density at radius 2 is 2.13 bits per heavy atom. The van der Waals surface area contributed by atoms with Gasteiger partial charge in [0.05, 0.1) is 11.7 Å². The molecule has 0 aromatic carbocycles. The van der Waals surface area contributed by atoms with Crippen molar-refractivity contribution in [1.29, 1.82) is 0 Å². The van der Waals surface area contributed by atoms with E-state index in [1.807, 2.05) is 0 Å². The van der Waals surface area contributed by atoms with Crippen molar-refractivity contribution in [3.63, 3.8) is 0 Å². The molecular weight excluding hydrogens is 184 g/mol. The molecule has 1 nitrogen and oxygen atoms in total. The maximum atomic E-state index is 5.91. The van der Waals surface area contributed by atoms with Gasteiger partial charge in [-0.1, -0.05) is 32.1 Å². The Balaban J connectivity index is 2.49. The summed E-state index contributed by atoms with van der Waals surface area (Å²) in [6, 6.07) is 0. The van der Waals surface area contributed by atoms with Crippen molar-refractivity contribution in [2.75, 3.05) is 0 Å². The monoisotopic (exact) mass is 208 g/mol. The summed E-state index contributed by atoms with van der Waals surface area (Å²) in [6.45, 7) is 10.8. The summed E-state index contributed by atoms with van der Waals surface area (Å²) in [5.74, 6) is 0.678.